The molecule has 11 heteroatoms. The smallest absolute Gasteiger partial charge is 0.318 e. The molecule has 1 aromatic heterocycles. The molecule has 0 saturated carbocycles. The van der Waals surface area contributed by atoms with Gasteiger partial charge in [0.25, 0.3) is 5.91 Å². The molecule has 0 aliphatic carbocycles. The summed E-state index contributed by atoms with van der Waals surface area (Å²) in [6, 6.07) is 15.4. The van der Waals surface area contributed by atoms with E-state index in [0.29, 0.717) is 44.4 Å². The molecule has 3 aromatic rings. The van der Waals surface area contributed by atoms with Gasteiger partial charge in [-0.2, -0.15) is 15.2 Å². The Morgan fingerprint density at radius 2 is 2.00 bits per heavy atom. The fourth-order valence-corrected chi connectivity index (χ4v) is 7.62. The number of nitrogens with zero attached hydrogens (tertiary/aromatic N) is 7. The standard InChI is InChI=1S/C35H40FN7O3/c1-23-6-3-7-25-8-4-9-31(32(23)25)41-14-11-29-30(21-41)38-35(45-17-5-13-40-20-28-18-27(40)22-46-28)39-33(29)42-15-16-43(34(44)24(2)36)26(19-42)10-12-37/h3-4,6-9,26-28H,2,5,10-11,13-22H2,1H3/t26-,27-,28-/m0/s1. The zero-order valence-electron chi connectivity index (χ0n) is 26.3. The molecule has 0 N–H and O–H groups in total. The highest BCUT2D eigenvalue weighted by atomic mass is 19.1. The third kappa shape index (κ3) is 5.87. The number of hydrogen-bond donors (Lipinski definition) is 0. The van der Waals surface area contributed by atoms with E-state index in [1.165, 1.54) is 26.9 Å². The topological polar surface area (TPSA) is 98.1 Å². The number of nitriles is 1. The Morgan fingerprint density at radius 3 is 2.76 bits per heavy atom. The molecule has 3 atom stereocenters. The van der Waals surface area contributed by atoms with Gasteiger partial charge in [0.2, 0.25) is 0 Å². The van der Waals surface area contributed by atoms with Crippen molar-refractivity contribution in [2.45, 2.75) is 57.3 Å². The van der Waals surface area contributed by atoms with Gasteiger partial charge in [-0.05, 0) is 43.2 Å². The van der Waals surface area contributed by atoms with Crippen molar-refractivity contribution in [3.8, 4) is 12.1 Å². The predicted octanol–water partition coefficient (Wildman–Crippen LogP) is 4.16. The number of carbonyl (C=O) groups is 1. The number of hydrogen-bond acceptors (Lipinski definition) is 9. The van der Waals surface area contributed by atoms with Crippen LogP contribution in [0.15, 0.2) is 48.8 Å². The molecule has 2 aromatic carbocycles. The van der Waals surface area contributed by atoms with Crippen LogP contribution >= 0.6 is 0 Å². The molecule has 1 amide bonds. The van der Waals surface area contributed by atoms with E-state index in [-0.39, 0.29) is 13.0 Å². The van der Waals surface area contributed by atoms with E-state index in [9.17, 15) is 14.4 Å². The van der Waals surface area contributed by atoms with Crippen molar-refractivity contribution < 1.29 is 18.7 Å². The Labute approximate surface area is 269 Å². The van der Waals surface area contributed by atoms with E-state index in [4.69, 9.17) is 19.4 Å². The van der Waals surface area contributed by atoms with Crippen molar-refractivity contribution >= 4 is 28.2 Å². The zero-order valence-corrected chi connectivity index (χ0v) is 26.3. The van der Waals surface area contributed by atoms with Crippen LogP contribution in [0.4, 0.5) is 15.9 Å². The van der Waals surface area contributed by atoms with Crippen LogP contribution in [0.25, 0.3) is 10.8 Å². The fourth-order valence-electron chi connectivity index (χ4n) is 7.62. The molecule has 4 aliphatic heterocycles. The third-order valence-corrected chi connectivity index (χ3v) is 9.89. The van der Waals surface area contributed by atoms with Crippen molar-refractivity contribution in [1.82, 2.24) is 19.8 Å². The van der Waals surface area contributed by atoms with Crippen molar-refractivity contribution in [3.63, 3.8) is 0 Å². The number of aryl methyl sites for hydroxylation is 1. The molecule has 7 rings (SSSR count). The Morgan fingerprint density at radius 1 is 1.15 bits per heavy atom. The lowest BCUT2D eigenvalue weighted by atomic mass is 9.99. The summed E-state index contributed by atoms with van der Waals surface area (Å²) in [4.78, 5) is 30.9. The molecule has 0 radical (unpaired) electrons. The van der Waals surface area contributed by atoms with Crippen LogP contribution in [0.2, 0.25) is 0 Å². The van der Waals surface area contributed by atoms with Gasteiger partial charge in [-0.3, -0.25) is 9.69 Å². The SMILES string of the molecule is C=C(F)C(=O)N1CCN(c2nc(OCCCN3C[C@@H]4C[C@H]3CO4)nc3c2CCN(c2cccc4cccc(C)c24)C3)C[C@@H]1CC#N. The lowest BCUT2D eigenvalue weighted by molar-refractivity contribution is -0.131. The molecule has 3 fully saturated rings. The van der Waals surface area contributed by atoms with Crippen molar-refractivity contribution in [2.24, 2.45) is 0 Å². The Hall–Kier alpha value is -4.27. The average molecular weight is 626 g/mol. The number of piperazine rings is 1. The van der Waals surface area contributed by atoms with E-state index in [2.05, 4.69) is 70.7 Å². The van der Waals surface area contributed by atoms with Gasteiger partial charge < -0.3 is 24.2 Å². The van der Waals surface area contributed by atoms with Gasteiger partial charge in [0, 0.05) is 61.9 Å². The Bertz CT molecular complexity index is 1690. The van der Waals surface area contributed by atoms with Crippen molar-refractivity contribution in [1.29, 1.82) is 5.26 Å². The highest BCUT2D eigenvalue weighted by molar-refractivity contribution is 5.97. The normalized spacial score (nSPS) is 22.6. The van der Waals surface area contributed by atoms with Crippen LogP contribution in [0, 0.1) is 18.3 Å². The monoisotopic (exact) mass is 625 g/mol. The predicted molar refractivity (Wildman–Crippen MR) is 173 cm³/mol. The minimum atomic E-state index is -1.01. The first-order valence-corrected chi connectivity index (χ1v) is 16.3. The summed E-state index contributed by atoms with van der Waals surface area (Å²) < 4.78 is 25.8. The molecule has 0 unspecified atom stereocenters. The van der Waals surface area contributed by atoms with Crippen molar-refractivity contribution in [2.75, 3.05) is 62.3 Å². The number of fused-ring (bicyclic) bond motifs is 4. The highest BCUT2D eigenvalue weighted by Gasteiger charge is 2.38. The summed E-state index contributed by atoms with van der Waals surface area (Å²) >= 11 is 0. The fraction of sp³-hybridized carbons (Fsp3) is 0.486. The molecular formula is C35H40FN7O3. The first-order chi connectivity index (χ1) is 22.4. The maximum Gasteiger partial charge on any atom is 0.318 e. The first kappa shape index (κ1) is 30.4. The van der Waals surface area contributed by atoms with Crippen molar-refractivity contribution in [3.05, 3.63) is 65.6 Å². The molecule has 240 valence electrons. The Kier molecular flexibility index (Phi) is 8.49. The highest BCUT2D eigenvalue weighted by Crippen LogP contribution is 2.36. The number of morpholine rings is 1. The minimum absolute atomic E-state index is 0.0871. The van der Waals surface area contributed by atoms with Gasteiger partial charge in [0.15, 0.2) is 5.83 Å². The first-order valence-electron chi connectivity index (χ1n) is 16.3. The van der Waals surface area contributed by atoms with Crippen LogP contribution in [0.1, 0.15) is 36.1 Å². The molecular weight excluding hydrogens is 585 g/mol. The van der Waals surface area contributed by atoms with Gasteiger partial charge >= 0.3 is 6.01 Å². The van der Waals surface area contributed by atoms with Gasteiger partial charge in [0.05, 0.1) is 50.1 Å². The van der Waals surface area contributed by atoms with Gasteiger partial charge in [0.1, 0.15) is 5.82 Å². The third-order valence-electron chi connectivity index (χ3n) is 9.89. The molecule has 10 nitrogen and oxygen atoms in total. The number of anilines is 2. The van der Waals surface area contributed by atoms with Gasteiger partial charge in [-0.25, -0.2) is 4.39 Å². The number of carbonyl (C=O) groups excluding carboxylic acids is 1. The van der Waals surface area contributed by atoms with E-state index < -0.39 is 17.8 Å². The van der Waals surface area contributed by atoms with Crippen LogP contribution in [0.3, 0.4) is 0 Å². The number of likely N-dealkylation sites (tertiary alicyclic amines) is 1. The lowest BCUT2D eigenvalue weighted by Gasteiger charge is -2.42. The Balaban J connectivity index is 1.15. The van der Waals surface area contributed by atoms with Crippen LogP contribution in [0.5, 0.6) is 6.01 Å². The number of ether oxygens (including phenoxy) is 2. The van der Waals surface area contributed by atoms with Gasteiger partial charge in [-0.1, -0.05) is 36.9 Å². The second-order valence-electron chi connectivity index (χ2n) is 12.8. The lowest BCUT2D eigenvalue weighted by Crippen LogP contribution is -2.55. The van der Waals surface area contributed by atoms with Crippen LogP contribution < -0.4 is 14.5 Å². The number of benzene rings is 2. The van der Waals surface area contributed by atoms with E-state index in [0.717, 1.165) is 62.6 Å². The molecule has 4 aliphatic rings. The minimum Gasteiger partial charge on any atom is -0.463 e. The zero-order chi connectivity index (χ0) is 31.8. The average Bonchev–Trinajstić information content (AvgIpc) is 3.70. The molecule has 5 heterocycles. The number of amides is 1. The van der Waals surface area contributed by atoms with E-state index in [1.807, 2.05) is 0 Å². The molecule has 46 heavy (non-hydrogen) atoms. The van der Waals surface area contributed by atoms with Gasteiger partial charge in [-0.15, -0.1) is 0 Å². The summed E-state index contributed by atoms with van der Waals surface area (Å²) in [5.74, 6) is -0.992. The molecule has 2 bridgehead atoms. The number of rotatable bonds is 9. The molecule has 3 saturated heterocycles. The summed E-state index contributed by atoms with van der Waals surface area (Å²) in [6.07, 6.45) is 3.17. The second kappa shape index (κ2) is 12.9. The number of halogens is 1. The second-order valence-corrected chi connectivity index (χ2v) is 12.8. The van der Waals surface area contributed by atoms with Crippen LogP contribution in [-0.4, -0.2) is 96.3 Å². The summed E-state index contributed by atoms with van der Waals surface area (Å²) in [7, 11) is 0. The quantitative estimate of drug-likeness (QED) is 0.257. The number of aromatic nitrogens is 2. The molecule has 0 spiro atoms. The van der Waals surface area contributed by atoms with Crippen LogP contribution in [-0.2, 0) is 22.5 Å². The maximum absolute atomic E-state index is 13.8. The summed E-state index contributed by atoms with van der Waals surface area (Å²) in [6.45, 7) is 11.1. The van der Waals surface area contributed by atoms with E-state index >= 15 is 0 Å². The van der Waals surface area contributed by atoms with E-state index in [1.54, 1.807) is 0 Å². The summed E-state index contributed by atoms with van der Waals surface area (Å²) in [5.41, 5.74) is 4.38. The largest absolute Gasteiger partial charge is 0.463 e. The summed E-state index contributed by atoms with van der Waals surface area (Å²) in [5, 5.41) is 12.0. The maximum atomic E-state index is 13.8.